The maximum Gasteiger partial charge on any atom is 0.217 e. The van der Waals surface area contributed by atoms with Crippen LogP contribution in [-0.2, 0) is 14.8 Å². The number of rotatable bonds is 11. The molecule has 6 heteroatoms. The predicted octanol–water partition coefficient (Wildman–Crippen LogP) is 1.60. The Morgan fingerprint density at radius 3 is 2.55 bits per heavy atom. The van der Waals surface area contributed by atoms with Crippen LogP contribution in [-0.4, -0.2) is 57.5 Å². The van der Waals surface area contributed by atoms with Crippen LogP contribution in [0, 0.1) is 0 Å². The number of unbranched alkanes of at least 4 members (excludes halogenated alkanes) is 2. The van der Waals surface area contributed by atoms with Gasteiger partial charge in [0.25, 0.3) is 0 Å². The second kappa shape index (κ2) is 8.97. The molecule has 1 saturated heterocycles. The minimum atomic E-state index is -3.10. The lowest BCUT2D eigenvalue weighted by Gasteiger charge is -2.38. The van der Waals surface area contributed by atoms with Crippen molar-refractivity contribution < 1.29 is 13.2 Å². The van der Waals surface area contributed by atoms with Crippen LogP contribution in [0.25, 0.3) is 0 Å². The Bertz CT molecular complexity index is 351. The Morgan fingerprint density at radius 2 is 1.95 bits per heavy atom. The molecule has 1 aliphatic rings. The average molecular weight is 306 g/mol. The van der Waals surface area contributed by atoms with Crippen LogP contribution in [0.15, 0.2) is 0 Å². The van der Waals surface area contributed by atoms with E-state index in [1.54, 1.807) is 0 Å². The van der Waals surface area contributed by atoms with Crippen molar-refractivity contribution in [3.8, 4) is 0 Å². The molecule has 0 atom stereocenters. The molecule has 0 aromatic carbocycles. The Hall–Kier alpha value is -0.170. The fourth-order valence-corrected chi connectivity index (χ4v) is 3.75. The smallest absolute Gasteiger partial charge is 0.217 e. The van der Waals surface area contributed by atoms with Gasteiger partial charge in [-0.25, -0.2) is 13.1 Å². The fraction of sp³-hybridized carbons (Fsp3) is 1.00. The number of ether oxygens (including phenoxy) is 1. The monoisotopic (exact) mass is 306 g/mol. The van der Waals surface area contributed by atoms with Crippen molar-refractivity contribution in [3.63, 3.8) is 0 Å². The predicted molar refractivity (Wildman–Crippen MR) is 82.4 cm³/mol. The Balaban J connectivity index is 2.04. The zero-order chi connectivity index (χ0) is 15.0. The number of hydrogen-bond acceptors (Lipinski definition) is 4. The molecule has 1 rings (SSSR count). The summed E-state index contributed by atoms with van der Waals surface area (Å²) in [6.07, 6.45) is 4.23. The number of nitrogens with zero attached hydrogens (tertiary/aromatic N) is 1. The molecule has 20 heavy (non-hydrogen) atoms. The van der Waals surface area contributed by atoms with Gasteiger partial charge in [-0.05, 0) is 46.1 Å². The van der Waals surface area contributed by atoms with Gasteiger partial charge in [-0.3, -0.25) is 0 Å². The van der Waals surface area contributed by atoms with Crippen molar-refractivity contribution in [2.75, 3.05) is 32.8 Å². The van der Waals surface area contributed by atoms with E-state index < -0.39 is 10.0 Å². The zero-order valence-electron chi connectivity index (χ0n) is 13.1. The Morgan fingerprint density at radius 1 is 1.25 bits per heavy atom. The van der Waals surface area contributed by atoms with Crippen LogP contribution < -0.4 is 4.72 Å². The van der Waals surface area contributed by atoms with E-state index in [1.165, 1.54) is 0 Å². The molecule has 1 N–H and O–H groups in total. The molecule has 120 valence electrons. The molecule has 5 nitrogen and oxygen atoms in total. The topological polar surface area (TPSA) is 58.6 Å². The molecule has 1 heterocycles. The van der Waals surface area contributed by atoms with E-state index in [-0.39, 0.29) is 11.4 Å². The summed E-state index contributed by atoms with van der Waals surface area (Å²) in [5.74, 6) is 0. The molecule has 0 aromatic heterocycles. The molecule has 0 amide bonds. The third-order valence-corrected chi connectivity index (χ3v) is 5.26. The summed E-state index contributed by atoms with van der Waals surface area (Å²) in [7, 11) is -3.10. The molecular weight excluding hydrogens is 276 g/mol. The normalized spacial score (nSPS) is 17.6. The fourth-order valence-electron chi connectivity index (χ4n) is 2.27. The summed E-state index contributed by atoms with van der Waals surface area (Å²) in [4.78, 5) is 2.19. The highest BCUT2D eigenvalue weighted by atomic mass is 32.2. The minimum Gasteiger partial charge on any atom is -0.379 e. The Kier molecular flexibility index (Phi) is 8.02. The van der Waals surface area contributed by atoms with Gasteiger partial charge in [-0.15, -0.1) is 0 Å². The van der Waals surface area contributed by atoms with Crippen molar-refractivity contribution >= 4 is 10.0 Å². The highest BCUT2D eigenvalue weighted by Crippen LogP contribution is 2.15. The quantitative estimate of drug-likeness (QED) is 0.589. The summed E-state index contributed by atoms with van der Waals surface area (Å²) in [6.45, 7) is 9.85. The number of hydrogen-bond donors (Lipinski definition) is 1. The van der Waals surface area contributed by atoms with Crippen molar-refractivity contribution in [2.24, 2.45) is 0 Å². The molecule has 0 aromatic rings. The van der Waals surface area contributed by atoms with Crippen molar-refractivity contribution in [1.29, 1.82) is 0 Å². The van der Waals surface area contributed by atoms with Gasteiger partial charge < -0.3 is 9.64 Å². The molecule has 0 spiro atoms. The first-order chi connectivity index (χ1) is 9.45. The first-order valence-corrected chi connectivity index (χ1v) is 9.32. The van der Waals surface area contributed by atoms with Crippen LogP contribution >= 0.6 is 0 Å². The van der Waals surface area contributed by atoms with E-state index in [4.69, 9.17) is 4.74 Å². The van der Waals surface area contributed by atoms with E-state index in [2.05, 4.69) is 16.5 Å². The standard InChI is InChI=1S/C14H30N2O3S/c1-4-9-16-11-14(12-16)20(17,18)15-8-6-5-7-10-19-13(2)3/h13-15H,4-12H2,1-3H3. The molecule has 0 aliphatic carbocycles. The SMILES string of the molecule is CCCN1CC(S(=O)(=O)NCCCCCOC(C)C)C1. The third kappa shape index (κ3) is 6.52. The van der Waals surface area contributed by atoms with Crippen LogP contribution in [0.4, 0.5) is 0 Å². The van der Waals surface area contributed by atoms with Crippen molar-refractivity contribution in [3.05, 3.63) is 0 Å². The van der Waals surface area contributed by atoms with Crippen LogP contribution in [0.2, 0.25) is 0 Å². The van der Waals surface area contributed by atoms with Crippen LogP contribution in [0.1, 0.15) is 46.5 Å². The van der Waals surface area contributed by atoms with E-state index in [9.17, 15) is 8.42 Å². The minimum absolute atomic E-state index is 0.210. The van der Waals surface area contributed by atoms with Crippen molar-refractivity contribution in [1.82, 2.24) is 9.62 Å². The molecule has 0 bridgehead atoms. The van der Waals surface area contributed by atoms with E-state index in [1.807, 2.05) is 13.8 Å². The average Bonchev–Trinajstić information content (AvgIpc) is 2.31. The maximum absolute atomic E-state index is 12.0. The van der Waals surface area contributed by atoms with E-state index >= 15 is 0 Å². The van der Waals surface area contributed by atoms with E-state index in [0.717, 1.165) is 38.8 Å². The molecule has 1 aliphatic heterocycles. The second-order valence-corrected chi connectivity index (χ2v) is 7.85. The highest BCUT2D eigenvalue weighted by Gasteiger charge is 2.36. The summed E-state index contributed by atoms with van der Waals surface area (Å²) >= 11 is 0. The summed E-state index contributed by atoms with van der Waals surface area (Å²) in [5.41, 5.74) is 0. The van der Waals surface area contributed by atoms with Gasteiger partial charge in [0.05, 0.1) is 6.10 Å². The number of sulfonamides is 1. The lowest BCUT2D eigenvalue weighted by atomic mass is 10.2. The largest absolute Gasteiger partial charge is 0.379 e. The highest BCUT2D eigenvalue weighted by molar-refractivity contribution is 7.90. The molecule has 0 radical (unpaired) electrons. The van der Waals surface area contributed by atoms with E-state index in [0.29, 0.717) is 19.6 Å². The van der Waals surface area contributed by atoms with Gasteiger partial charge in [-0.2, -0.15) is 0 Å². The summed E-state index contributed by atoms with van der Waals surface area (Å²) in [5, 5.41) is -0.210. The summed E-state index contributed by atoms with van der Waals surface area (Å²) in [6, 6.07) is 0. The molecule has 0 saturated carbocycles. The number of likely N-dealkylation sites (tertiary alicyclic amines) is 1. The molecular formula is C14H30N2O3S. The molecule has 0 unspecified atom stereocenters. The summed E-state index contributed by atoms with van der Waals surface area (Å²) < 4.78 is 32.1. The van der Waals surface area contributed by atoms with Gasteiger partial charge >= 0.3 is 0 Å². The maximum atomic E-state index is 12.0. The van der Waals surface area contributed by atoms with Crippen LogP contribution in [0.3, 0.4) is 0 Å². The van der Waals surface area contributed by atoms with Gasteiger partial charge in [-0.1, -0.05) is 6.92 Å². The van der Waals surface area contributed by atoms with Crippen molar-refractivity contribution in [2.45, 2.75) is 57.8 Å². The lowest BCUT2D eigenvalue weighted by Crippen LogP contribution is -2.57. The zero-order valence-corrected chi connectivity index (χ0v) is 13.9. The van der Waals surface area contributed by atoms with Gasteiger partial charge in [0, 0.05) is 26.2 Å². The van der Waals surface area contributed by atoms with Gasteiger partial charge in [0.15, 0.2) is 0 Å². The lowest BCUT2D eigenvalue weighted by molar-refractivity contribution is 0.0758. The molecule has 1 fully saturated rings. The van der Waals surface area contributed by atoms with Gasteiger partial charge in [0.1, 0.15) is 5.25 Å². The van der Waals surface area contributed by atoms with Crippen LogP contribution in [0.5, 0.6) is 0 Å². The first-order valence-electron chi connectivity index (χ1n) is 7.78. The van der Waals surface area contributed by atoms with Gasteiger partial charge in [0.2, 0.25) is 10.0 Å². The first kappa shape index (κ1) is 17.9. The number of nitrogens with one attached hydrogen (secondary N) is 1. The Labute approximate surface area is 124 Å². The second-order valence-electron chi connectivity index (χ2n) is 5.80. The third-order valence-electron chi connectivity index (χ3n) is 3.48.